The van der Waals surface area contributed by atoms with Gasteiger partial charge in [-0.1, -0.05) is 30.9 Å². The van der Waals surface area contributed by atoms with Crippen LogP contribution in [0.3, 0.4) is 0 Å². The minimum absolute atomic E-state index is 0.106. The fourth-order valence-corrected chi connectivity index (χ4v) is 2.14. The average molecular weight is 261 g/mol. The molecular weight excluding hydrogens is 246 g/mol. The quantitative estimate of drug-likeness (QED) is 0.846. The monoisotopic (exact) mass is 261 g/mol. The normalized spacial score (nSPS) is 17.5. The van der Waals surface area contributed by atoms with Gasteiger partial charge in [0, 0.05) is 6.54 Å². The molecule has 1 atom stereocenters. The van der Waals surface area contributed by atoms with Crippen LogP contribution >= 0.6 is 0 Å². The summed E-state index contributed by atoms with van der Waals surface area (Å²) in [6.45, 7) is 3.71. The average Bonchev–Trinajstić information content (AvgIpc) is 2.43. The van der Waals surface area contributed by atoms with Crippen molar-refractivity contribution >= 4 is 17.7 Å². The Morgan fingerprint density at radius 1 is 1.47 bits per heavy atom. The number of carboxylic acids is 1. The zero-order valence-electron chi connectivity index (χ0n) is 10.4. The van der Waals surface area contributed by atoms with E-state index in [2.05, 4.69) is 6.58 Å². The molecule has 1 aromatic rings. The molecule has 1 aliphatic rings. The summed E-state index contributed by atoms with van der Waals surface area (Å²) in [6.07, 6.45) is 1.36. The van der Waals surface area contributed by atoms with Gasteiger partial charge in [0.2, 0.25) is 0 Å². The van der Waals surface area contributed by atoms with Crippen LogP contribution in [0.2, 0.25) is 0 Å². The largest absolute Gasteiger partial charge is 0.481 e. The number of para-hydroxylation sites is 1. The Morgan fingerprint density at radius 2 is 2.21 bits per heavy atom. The number of fused-ring (bicyclic) bond motifs is 1. The summed E-state index contributed by atoms with van der Waals surface area (Å²) in [7, 11) is 0. The molecule has 0 radical (unpaired) electrons. The van der Waals surface area contributed by atoms with E-state index in [9.17, 15) is 9.59 Å². The first-order valence-corrected chi connectivity index (χ1v) is 5.99. The van der Waals surface area contributed by atoms with E-state index in [0.717, 1.165) is 5.56 Å². The Hall–Kier alpha value is -2.30. The Balaban J connectivity index is 2.28. The van der Waals surface area contributed by atoms with Gasteiger partial charge in [-0.2, -0.15) is 0 Å². The number of rotatable bonds is 3. The molecule has 19 heavy (non-hydrogen) atoms. The maximum Gasteiger partial charge on any atom is 0.414 e. The smallest absolute Gasteiger partial charge is 0.414 e. The van der Waals surface area contributed by atoms with E-state index in [1.54, 1.807) is 6.07 Å². The lowest BCUT2D eigenvalue weighted by molar-refractivity contribution is -0.141. The van der Waals surface area contributed by atoms with Crippen LogP contribution < -0.4 is 4.90 Å². The van der Waals surface area contributed by atoms with Crippen molar-refractivity contribution in [3.8, 4) is 0 Å². The first-order chi connectivity index (χ1) is 9.13. The zero-order chi connectivity index (χ0) is 13.8. The lowest BCUT2D eigenvalue weighted by Crippen LogP contribution is -2.42. The fourth-order valence-electron chi connectivity index (χ4n) is 2.14. The molecule has 0 saturated heterocycles. The highest BCUT2D eigenvalue weighted by molar-refractivity contribution is 5.91. The van der Waals surface area contributed by atoms with Crippen molar-refractivity contribution in [1.82, 2.24) is 0 Å². The standard InChI is InChI=1S/C14H15NO4/c1-2-7-19-14(18)15-9-11(13(16)17)8-10-5-3-4-6-12(10)15/h2-6,11H,1,7-9H2,(H,16,17). The van der Waals surface area contributed by atoms with Crippen LogP contribution in [0.15, 0.2) is 36.9 Å². The molecule has 100 valence electrons. The van der Waals surface area contributed by atoms with Crippen LogP contribution in [-0.2, 0) is 16.0 Å². The van der Waals surface area contributed by atoms with E-state index in [1.807, 2.05) is 18.2 Å². The van der Waals surface area contributed by atoms with Crippen LogP contribution in [0.5, 0.6) is 0 Å². The summed E-state index contributed by atoms with van der Waals surface area (Å²) in [6, 6.07) is 7.27. The van der Waals surface area contributed by atoms with E-state index < -0.39 is 18.0 Å². The number of hydrogen-bond acceptors (Lipinski definition) is 3. The minimum Gasteiger partial charge on any atom is -0.481 e. The van der Waals surface area contributed by atoms with E-state index >= 15 is 0 Å². The molecule has 0 spiro atoms. The molecule has 1 unspecified atom stereocenters. The van der Waals surface area contributed by atoms with Gasteiger partial charge in [0.05, 0.1) is 11.6 Å². The van der Waals surface area contributed by atoms with E-state index in [4.69, 9.17) is 9.84 Å². The molecule has 0 aromatic heterocycles. The van der Waals surface area contributed by atoms with Crippen molar-refractivity contribution in [2.24, 2.45) is 5.92 Å². The number of carboxylic acid groups (broad SMARTS) is 1. The summed E-state index contributed by atoms with van der Waals surface area (Å²) < 4.78 is 4.99. The van der Waals surface area contributed by atoms with Gasteiger partial charge in [0.25, 0.3) is 0 Å². The second kappa shape index (κ2) is 5.56. The molecule has 5 nitrogen and oxygen atoms in total. The number of aliphatic carboxylic acids is 1. The van der Waals surface area contributed by atoms with Crippen molar-refractivity contribution in [2.45, 2.75) is 6.42 Å². The third-order valence-corrected chi connectivity index (χ3v) is 3.05. The second-order valence-corrected chi connectivity index (χ2v) is 4.34. The van der Waals surface area contributed by atoms with Crippen molar-refractivity contribution in [3.05, 3.63) is 42.5 Å². The molecule has 1 N–H and O–H groups in total. The number of carbonyl (C=O) groups excluding carboxylic acids is 1. The molecule has 0 aliphatic carbocycles. The molecule has 1 aromatic carbocycles. The number of nitrogens with zero attached hydrogens (tertiary/aromatic N) is 1. The summed E-state index contributed by atoms with van der Waals surface area (Å²) in [5.74, 6) is -1.51. The highest BCUT2D eigenvalue weighted by Gasteiger charge is 2.32. The van der Waals surface area contributed by atoms with Gasteiger partial charge in [0.1, 0.15) is 6.61 Å². The Bertz CT molecular complexity index is 512. The lowest BCUT2D eigenvalue weighted by atomic mass is 9.93. The van der Waals surface area contributed by atoms with Crippen LogP contribution in [0, 0.1) is 5.92 Å². The van der Waals surface area contributed by atoms with Crippen LogP contribution in [0.4, 0.5) is 10.5 Å². The lowest BCUT2D eigenvalue weighted by Gasteiger charge is -2.31. The number of anilines is 1. The van der Waals surface area contributed by atoms with Gasteiger partial charge in [0.15, 0.2) is 0 Å². The number of carbonyl (C=O) groups is 2. The topological polar surface area (TPSA) is 66.8 Å². The van der Waals surface area contributed by atoms with Crippen molar-refractivity contribution in [1.29, 1.82) is 0 Å². The number of hydrogen-bond donors (Lipinski definition) is 1. The Labute approximate surface area is 111 Å². The Morgan fingerprint density at radius 3 is 2.89 bits per heavy atom. The van der Waals surface area contributed by atoms with Gasteiger partial charge >= 0.3 is 12.1 Å². The molecule has 1 amide bonds. The van der Waals surface area contributed by atoms with E-state index in [0.29, 0.717) is 12.1 Å². The van der Waals surface area contributed by atoms with Crippen molar-refractivity contribution in [2.75, 3.05) is 18.1 Å². The number of ether oxygens (including phenoxy) is 1. The van der Waals surface area contributed by atoms with Crippen LogP contribution in [0.1, 0.15) is 5.56 Å². The molecule has 2 rings (SSSR count). The first kappa shape index (κ1) is 13.1. The molecular formula is C14H15NO4. The third kappa shape index (κ3) is 2.76. The fraction of sp³-hybridized carbons (Fsp3) is 0.286. The van der Waals surface area contributed by atoms with E-state index in [-0.39, 0.29) is 13.2 Å². The summed E-state index contributed by atoms with van der Waals surface area (Å²) in [5.41, 5.74) is 1.56. The molecule has 0 saturated carbocycles. The zero-order valence-corrected chi connectivity index (χ0v) is 10.4. The van der Waals surface area contributed by atoms with Gasteiger partial charge in [-0.3, -0.25) is 9.69 Å². The third-order valence-electron chi connectivity index (χ3n) is 3.05. The SMILES string of the molecule is C=CCOC(=O)N1CC(C(=O)O)Cc2ccccc21. The minimum atomic E-state index is -0.906. The summed E-state index contributed by atoms with van der Waals surface area (Å²) in [5, 5.41) is 9.14. The van der Waals surface area contributed by atoms with Crippen molar-refractivity contribution in [3.63, 3.8) is 0 Å². The summed E-state index contributed by atoms with van der Waals surface area (Å²) in [4.78, 5) is 24.5. The number of amides is 1. The molecule has 1 heterocycles. The van der Waals surface area contributed by atoms with E-state index in [1.165, 1.54) is 11.0 Å². The van der Waals surface area contributed by atoms with Gasteiger partial charge in [-0.15, -0.1) is 0 Å². The molecule has 1 aliphatic heterocycles. The molecule has 0 bridgehead atoms. The van der Waals surface area contributed by atoms with Gasteiger partial charge < -0.3 is 9.84 Å². The van der Waals surface area contributed by atoms with Crippen molar-refractivity contribution < 1.29 is 19.4 Å². The maximum absolute atomic E-state index is 12.0. The highest BCUT2D eigenvalue weighted by Crippen LogP contribution is 2.30. The molecule has 5 heteroatoms. The predicted octanol–water partition coefficient (Wildman–Crippen LogP) is 2.07. The second-order valence-electron chi connectivity index (χ2n) is 4.34. The summed E-state index contributed by atoms with van der Waals surface area (Å²) >= 11 is 0. The number of benzene rings is 1. The molecule has 0 fully saturated rings. The van der Waals surface area contributed by atoms with Crippen LogP contribution in [-0.4, -0.2) is 30.3 Å². The Kier molecular flexibility index (Phi) is 3.85. The maximum atomic E-state index is 12.0. The van der Waals surface area contributed by atoms with Gasteiger partial charge in [-0.25, -0.2) is 4.79 Å². The first-order valence-electron chi connectivity index (χ1n) is 5.99. The van der Waals surface area contributed by atoms with Gasteiger partial charge in [-0.05, 0) is 18.1 Å². The predicted molar refractivity (Wildman–Crippen MR) is 70.2 cm³/mol. The van der Waals surface area contributed by atoms with Crippen LogP contribution in [0.25, 0.3) is 0 Å². The highest BCUT2D eigenvalue weighted by atomic mass is 16.6.